The first-order valence-corrected chi connectivity index (χ1v) is 12.3. The normalized spacial score (nSPS) is 18.3. The van der Waals surface area contributed by atoms with Gasteiger partial charge in [-0.1, -0.05) is 30.3 Å². The zero-order valence-corrected chi connectivity index (χ0v) is 20.8. The van der Waals surface area contributed by atoms with Gasteiger partial charge in [0.05, 0.1) is 13.2 Å². The molecule has 2 amide bonds. The fraction of sp³-hybridized carbons (Fsp3) is 0.276. The molecule has 2 aliphatic heterocycles. The highest BCUT2D eigenvalue weighted by molar-refractivity contribution is 6.09. The Hall–Kier alpha value is -4.40. The van der Waals surface area contributed by atoms with Crippen LogP contribution in [0, 0.1) is 11.7 Å². The van der Waals surface area contributed by atoms with Crippen molar-refractivity contribution < 1.29 is 32.9 Å². The smallest absolute Gasteiger partial charge is 0.341 e. The van der Waals surface area contributed by atoms with E-state index in [0.717, 1.165) is 5.56 Å². The van der Waals surface area contributed by atoms with E-state index < -0.39 is 29.8 Å². The van der Waals surface area contributed by atoms with Gasteiger partial charge in [-0.05, 0) is 65.9 Å². The number of methoxy groups -OCH3 is 1. The molecule has 0 aliphatic carbocycles. The molecule has 0 saturated heterocycles. The molecule has 9 heteroatoms. The molecule has 0 saturated carbocycles. The molecule has 2 heterocycles. The zero-order valence-electron chi connectivity index (χ0n) is 20.8. The number of esters is 1. The summed E-state index contributed by atoms with van der Waals surface area (Å²) in [6.45, 7) is 0.737. The first kappa shape index (κ1) is 25.3. The predicted molar refractivity (Wildman–Crippen MR) is 137 cm³/mol. The number of halogens is 1. The maximum absolute atomic E-state index is 13.7. The molecule has 5 rings (SSSR count). The van der Waals surface area contributed by atoms with Gasteiger partial charge in [-0.2, -0.15) is 0 Å². The van der Waals surface area contributed by atoms with Crippen molar-refractivity contribution >= 4 is 17.7 Å². The highest BCUT2D eigenvalue weighted by Gasteiger charge is 2.40. The van der Waals surface area contributed by atoms with Crippen molar-refractivity contribution in [3.8, 4) is 17.2 Å². The van der Waals surface area contributed by atoms with Crippen molar-refractivity contribution in [3.63, 3.8) is 0 Å². The van der Waals surface area contributed by atoms with Crippen molar-refractivity contribution in [1.29, 1.82) is 0 Å². The minimum atomic E-state index is -0.894. The van der Waals surface area contributed by atoms with Gasteiger partial charge in [0, 0.05) is 5.71 Å². The van der Waals surface area contributed by atoms with Crippen molar-refractivity contribution in [2.75, 3.05) is 20.3 Å². The van der Waals surface area contributed by atoms with E-state index in [-0.39, 0.29) is 6.61 Å². The largest absolute Gasteiger partial charge is 0.497 e. The number of urea groups is 1. The number of aliphatic imine (C=N–C) groups is 1. The lowest BCUT2D eigenvalue weighted by Crippen LogP contribution is -2.45. The Bertz CT molecular complexity index is 1370. The van der Waals surface area contributed by atoms with E-state index in [1.165, 1.54) is 12.1 Å². The molecule has 3 aromatic rings. The predicted octanol–water partition coefficient (Wildman–Crippen LogP) is 4.80. The second-order valence-corrected chi connectivity index (χ2v) is 9.00. The monoisotopic (exact) mass is 518 g/mol. The molecule has 2 aliphatic rings. The first-order chi connectivity index (χ1) is 18.5. The molecule has 0 fully saturated rings. The van der Waals surface area contributed by atoms with Gasteiger partial charge in [-0.3, -0.25) is 4.79 Å². The minimum absolute atomic E-state index is 0.113. The lowest BCUT2D eigenvalue weighted by atomic mass is 9.85. The summed E-state index contributed by atoms with van der Waals surface area (Å²) in [5.74, 6) is -0.0354. The van der Waals surface area contributed by atoms with E-state index in [1.807, 2.05) is 24.3 Å². The summed E-state index contributed by atoms with van der Waals surface area (Å²) in [6.07, 6.45) is 0.881. The lowest BCUT2D eigenvalue weighted by molar-refractivity contribution is -0.148. The number of hydrogen-bond acceptors (Lipinski definition) is 6. The standard InChI is InChI=1S/C29H27FN2O6/c1-35-22-7-3-4-18(15-22)8-10-23-26(28(33)38-17-19-5-2-6-21(30)14-19)27(32-29(34)31-23)20-9-11-24-25(16-20)37-13-12-36-24/h2-7,9,11,14-16,26-27H,8,10,12-13,17H2,1H3,(H,32,34). The third-order valence-electron chi connectivity index (χ3n) is 6.47. The summed E-state index contributed by atoms with van der Waals surface area (Å²) in [5, 5.41) is 2.82. The summed E-state index contributed by atoms with van der Waals surface area (Å²) in [7, 11) is 1.59. The number of carbonyl (C=O) groups excluding carboxylic acids is 2. The number of nitrogens with zero attached hydrogens (tertiary/aromatic N) is 1. The average Bonchev–Trinajstić information content (AvgIpc) is 2.94. The van der Waals surface area contributed by atoms with E-state index >= 15 is 0 Å². The Morgan fingerprint density at radius 2 is 1.79 bits per heavy atom. The molecule has 0 bridgehead atoms. The van der Waals surface area contributed by atoms with Crippen LogP contribution in [0.1, 0.15) is 29.2 Å². The Kier molecular flexibility index (Phi) is 7.53. The second kappa shape index (κ2) is 11.3. The molecular weight excluding hydrogens is 491 g/mol. The van der Waals surface area contributed by atoms with E-state index in [0.29, 0.717) is 60.1 Å². The quantitative estimate of drug-likeness (QED) is 0.431. The maximum Gasteiger partial charge on any atom is 0.341 e. The highest BCUT2D eigenvalue weighted by atomic mass is 19.1. The third kappa shape index (κ3) is 5.77. The van der Waals surface area contributed by atoms with E-state index in [2.05, 4.69) is 10.3 Å². The minimum Gasteiger partial charge on any atom is -0.497 e. The lowest BCUT2D eigenvalue weighted by Gasteiger charge is -2.32. The van der Waals surface area contributed by atoms with Gasteiger partial charge in [-0.25, -0.2) is 14.2 Å². The van der Waals surface area contributed by atoms with Crippen molar-refractivity contribution in [2.24, 2.45) is 10.9 Å². The molecule has 0 aromatic heterocycles. The van der Waals surface area contributed by atoms with Gasteiger partial charge in [0.2, 0.25) is 0 Å². The van der Waals surface area contributed by atoms with Crippen LogP contribution in [-0.4, -0.2) is 38.0 Å². The number of amides is 2. The molecular formula is C29H27FN2O6. The van der Waals surface area contributed by atoms with Gasteiger partial charge in [0.15, 0.2) is 11.5 Å². The average molecular weight is 519 g/mol. The van der Waals surface area contributed by atoms with Crippen LogP contribution in [-0.2, 0) is 22.6 Å². The van der Waals surface area contributed by atoms with Crippen LogP contribution in [0.5, 0.6) is 17.2 Å². The first-order valence-electron chi connectivity index (χ1n) is 12.3. The van der Waals surface area contributed by atoms with Gasteiger partial charge in [0.1, 0.15) is 37.3 Å². The number of carbonyl (C=O) groups is 2. The van der Waals surface area contributed by atoms with Gasteiger partial charge in [0.25, 0.3) is 0 Å². The molecule has 8 nitrogen and oxygen atoms in total. The summed E-state index contributed by atoms with van der Waals surface area (Å²) >= 11 is 0. The van der Waals surface area contributed by atoms with Crippen LogP contribution in [0.25, 0.3) is 0 Å². The van der Waals surface area contributed by atoms with Crippen molar-refractivity contribution in [1.82, 2.24) is 5.32 Å². The van der Waals surface area contributed by atoms with Crippen LogP contribution in [0.2, 0.25) is 0 Å². The number of benzene rings is 3. The Morgan fingerprint density at radius 1 is 1.00 bits per heavy atom. The van der Waals surface area contributed by atoms with Crippen LogP contribution in [0.4, 0.5) is 9.18 Å². The van der Waals surface area contributed by atoms with E-state index in [9.17, 15) is 14.0 Å². The number of hydrogen-bond donors (Lipinski definition) is 1. The summed E-state index contributed by atoms with van der Waals surface area (Å²) in [5.41, 5.74) is 2.55. The maximum atomic E-state index is 13.7. The summed E-state index contributed by atoms with van der Waals surface area (Å²) in [4.78, 5) is 30.4. The van der Waals surface area contributed by atoms with Crippen LogP contribution in [0.15, 0.2) is 71.7 Å². The Balaban J connectivity index is 1.43. The van der Waals surface area contributed by atoms with Gasteiger partial charge < -0.3 is 24.3 Å². The third-order valence-corrected chi connectivity index (χ3v) is 6.47. The molecule has 196 valence electrons. The fourth-order valence-corrected chi connectivity index (χ4v) is 4.63. The number of ether oxygens (including phenoxy) is 4. The second-order valence-electron chi connectivity index (χ2n) is 9.00. The molecule has 0 spiro atoms. The van der Waals surface area contributed by atoms with Crippen molar-refractivity contribution in [3.05, 3.63) is 89.2 Å². The summed E-state index contributed by atoms with van der Waals surface area (Å²) < 4.78 is 35.9. The summed E-state index contributed by atoms with van der Waals surface area (Å²) in [6, 6.07) is 17.5. The van der Waals surface area contributed by atoms with Crippen LogP contribution >= 0.6 is 0 Å². The van der Waals surface area contributed by atoms with Gasteiger partial charge in [-0.15, -0.1) is 0 Å². The van der Waals surface area contributed by atoms with Crippen molar-refractivity contribution in [2.45, 2.75) is 25.5 Å². The molecule has 1 N–H and O–H groups in total. The molecule has 38 heavy (non-hydrogen) atoms. The van der Waals surface area contributed by atoms with Crippen LogP contribution < -0.4 is 19.5 Å². The molecule has 0 radical (unpaired) electrons. The molecule has 2 atom stereocenters. The number of nitrogens with one attached hydrogen (secondary N) is 1. The van der Waals surface area contributed by atoms with E-state index in [4.69, 9.17) is 18.9 Å². The SMILES string of the molecule is COc1cccc(CCC2=NC(=O)NC(c3ccc4c(c3)OCCO4)C2C(=O)OCc2cccc(F)c2)c1. The zero-order chi connectivity index (χ0) is 26.5. The Morgan fingerprint density at radius 3 is 2.61 bits per heavy atom. The fourth-order valence-electron chi connectivity index (χ4n) is 4.63. The number of aryl methyl sites for hydroxylation is 1. The highest BCUT2D eigenvalue weighted by Crippen LogP contribution is 2.37. The topological polar surface area (TPSA) is 95.5 Å². The number of fused-ring (bicyclic) bond motifs is 1. The van der Waals surface area contributed by atoms with Crippen LogP contribution in [0.3, 0.4) is 0 Å². The van der Waals surface area contributed by atoms with Gasteiger partial charge >= 0.3 is 12.0 Å². The molecule has 2 unspecified atom stereocenters. The molecule has 3 aromatic carbocycles. The Labute approximate surface area is 219 Å². The van der Waals surface area contributed by atoms with E-state index in [1.54, 1.807) is 37.4 Å². The number of rotatable bonds is 8.